The van der Waals surface area contributed by atoms with Crippen LogP contribution in [0.2, 0.25) is 0 Å². The summed E-state index contributed by atoms with van der Waals surface area (Å²) in [6, 6.07) is 4.14. The molecule has 0 aliphatic carbocycles. The maximum absolute atomic E-state index is 12.9. The normalized spacial score (nSPS) is 23.6. The highest BCUT2D eigenvalue weighted by atomic mass is 19.4. The molecule has 1 aliphatic heterocycles. The number of rotatable bonds is 4. The zero-order valence-electron chi connectivity index (χ0n) is 11.0. The van der Waals surface area contributed by atoms with Gasteiger partial charge < -0.3 is 22.4 Å². The molecule has 0 amide bonds. The summed E-state index contributed by atoms with van der Waals surface area (Å²) >= 11 is 0. The number of benzene rings is 1. The summed E-state index contributed by atoms with van der Waals surface area (Å²) in [5.41, 5.74) is -0.0849. The van der Waals surface area contributed by atoms with E-state index in [0.717, 1.165) is 18.9 Å². The third-order valence-electron chi connectivity index (χ3n) is 3.26. The zero-order chi connectivity index (χ0) is 14.0. The molecule has 2 nitrogen and oxygen atoms in total. The quantitative estimate of drug-likeness (QED) is 0.785. The number of aryl methyl sites for hydroxylation is 1. The molecule has 2 rings (SSSR count). The Labute approximate surface area is 111 Å². The van der Waals surface area contributed by atoms with Crippen LogP contribution >= 0.6 is 0 Å². The largest absolute Gasteiger partial charge is 0.513 e. The van der Waals surface area contributed by atoms with Gasteiger partial charge in [0.1, 0.15) is 6.61 Å². The SMILES string of the molecule is Cc1ccc(OCC2CCC(C)O2)c([B-](F)(F)F)c1. The summed E-state index contributed by atoms with van der Waals surface area (Å²) in [6.45, 7) is -1.29. The Bertz CT molecular complexity index is 448. The van der Waals surface area contributed by atoms with Crippen molar-refractivity contribution in [1.29, 1.82) is 0 Å². The maximum Gasteiger partial charge on any atom is 0.513 e. The number of hydrogen-bond acceptors (Lipinski definition) is 2. The molecule has 2 atom stereocenters. The average molecular weight is 273 g/mol. The molecule has 106 valence electrons. The Morgan fingerprint density at radius 2 is 2.05 bits per heavy atom. The predicted octanol–water partition coefficient (Wildman–Crippen LogP) is 3.00. The van der Waals surface area contributed by atoms with Crippen LogP contribution in [-0.2, 0) is 4.74 Å². The van der Waals surface area contributed by atoms with Crippen LogP contribution in [0.3, 0.4) is 0 Å². The fourth-order valence-corrected chi connectivity index (χ4v) is 2.25. The fraction of sp³-hybridized carbons (Fsp3) is 0.538. The van der Waals surface area contributed by atoms with Crippen molar-refractivity contribution in [3.8, 4) is 5.75 Å². The van der Waals surface area contributed by atoms with E-state index in [-0.39, 0.29) is 24.6 Å². The Morgan fingerprint density at radius 3 is 2.63 bits per heavy atom. The van der Waals surface area contributed by atoms with Crippen LogP contribution in [0.25, 0.3) is 0 Å². The van der Waals surface area contributed by atoms with Gasteiger partial charge in [0.25, 0.3) is 0 Å². The topological polar surface area (TPSA) is 18.5 Å². The Kier molecular flexibility index (Phi) is 4.09. The van der Waals surface area contributed by atoms with Gasteiger partial charge in [-0.05, 0) is 32.8 Å². The summed E-state index contributed by atoms with van der Waals surface area (Å²) in [6.07, 6.45) is 1.82. The van der Waals surface area contributed by atoms with E-state index in [1.54, 1.807) is 13.0 Å². The molecular weight excluding hydrogens is 256 g/mol. The summed E-state index contributed by atoms with van der Waals surface area (Å²) in [4.78, 5) is 0. The van der Waals surface area contributed by atoms with Crippen molar-refractivity contribution in [1.82, 2.24) is 0 Å². The molecule has 1 aliphatic rings. The molecule has 0 spiro atoms. The fourth-order valence-electron chi connectivity index (χ4n) is 2.25. The summed E-state index contributed by atoms with van der Waals surface area (Å²) in [7, 11) is 0. The monoisotopic (exact) mass is 273 g/mol. The first-order valence-corrected chi connectivity index (χ1v) is 6.45. The average Bonchev–Trinajstić information content (AvgIpc) is 2.72. The summed E-state index contributed by atoms with van der Waals surface area (Å²) < 4.78 is 49.7. The predicted molar refractivity (Wildman–Crippen MR) is 69.0 cm³/mol. The summed E-state index contributed by atoms with van der Waals surface area (Å²) in [5, 5.41) is 0. The molecule has 0 radical (unpaired) electrons. The summed E-state index contributed by atoms with van der Waals surface area (Å²) in [5.74, 6) is -0.0961. The van der Waals surface area contributed by atoms with E-state index < -0.39 is 12.4 Å². The van der Waals surface area contributed by atoms with Crippen LogP contribution < -0.4 is 10.2 Å². The van der Waals surface area contributed by atoms with Crippen molar-refractivity contribution in [3.05, 3.63) is 23.8 Å². The molecule has 1 heterocycles. The van der Waals surface area contributed by atoms with E-state index in [2.05, 4.69) is 0 Å². The van der Waals surface area contributed by atoms with Crippen LogP contribution in [0.1, 0.15) is 25.3 Å². The van der Waals surface area contributed by atoms with Gasteiger partial charge in [-0.2, -0.15) is 0 Å². The molecule has 1 fully saturated rings. The molecule has 19 heavy (non-hydrogen) atoms. The first-order valence-electron chi connectivity index (χ1n) is 6.45. The smallest absolute Gasteiger partial charge is 0.494 e. The lowest BCUT2D eigenvalue weighted by Crippen LogP contribution is -2.36. The first-order chi connectivity index (χ1) is 8.86. The minimum atomic E-state index is -5.06. The minimum Gasteiger partial charge on any atom is -0.494 e. The van der Waals surface area contributed by atoms with Crippen LogP contribution in [0.15, 0.2) is 18.2 Å². The molecule has 6 heteroatoms. The molecule has 2 unspecified atom stereocenters. The Hall–Kier alpha value is -1.17. The lowest BCUT2D eigenvalue weighted by Gasteiger charge is -2.21. The van der Waals surface area contributed by atoms with Crippen molar-refractivity contribution < 1.29 is 22.4 Å². The van der Waals surface area contributed by atoms with Crippen molar-refractivity contribution in [3.63, 3.8) is 0 Å². The highest BCUT2D eigenvalue weighted by Gasteiger charge is 2.30. The molecule has 0 N–H and O–H groups in total. The maximum atomic E-state index is 12.9. The zero-order valence-corrected chi connectivity index (χ0v) is 11.0. The minimum absolute atomic E-state index is 0.0961. The Morgan fingerprint density at radius 1 is 1.32 bits per heavy atom. The molecule has 0 saturated carbocycles. The van der Waals surface area contributed by atoms with Crippen molar-refractivity contribution >= 4 is 12.4 Å². The second-order valence-corrected chi connectivity index (χ2v) is 5.07. The van der Waals surface area contributed by atoms with Gasteiger partial charge >= 0.3 is 6.98 Å². The van der Waals surface area contributed by atoms with E-state index in [9.17, 15) is 12.9 Å². The molecule has 1 aromatic rings. The van der Waals surface area contributed by atoms with Gasteiger partial charge in [0.2, 0.25) is 0 Å². The molecular formula is C13H17BF3O2-. The highest BCUT2D eigenvalue weighted by Crippen LogP contribution is 2.22. The van der Waals surface area contributed by atoms with Gasteiger partial charge in [0.15, 0.2) is 0 Å². The number of hydrogen-bond donors (Lipinski definition) is 0. The number of ether oxygens (including phenoxy) is 2. The van der Waals surface area contributed by atoms with Gasteiger partial charge in [0.05, 0.1) is 18.0 Å². The second kappa shape index (κ2) is 5.45. The van der Waals surface area contributed by atoms with Crippen LogP contribution in [0, 0.1) is 6.92 Å². The second-order valence-electron chi connectivity index (χ2n) is 5.07. The van der Waals surface area contributed by atoms with Gasteiger partial charge in [-0.15, -0.1) is 0 Å². The van der Waals surface area contributed by atoms with Crippen LogP contribution in [-0.4, -0.2) is 25.8 Å². The lowest BCUT2D eigenvalue weighted by molar-refractivity contribution is 0.0266. The molecule has 0 bridgehead atoms. The van der Waals surface area contributed by atoms with E-state index in [4.69, 9.17) is 9.47 Å². The number of halogens is 3. The van der Waals surface area contributed by atoms with Crippen LogP contribution in [0.4, 0.5) is 12.9 Å². The molecule has 1 aromatic carbocycles. The van der Waals surface area contributed by atoms with Gasteiger partial charge in [-0.25, -0.2) is 0 Å². The third-order valence-corrected chi connectivity index (χ3v) is 3.26. The standard InChI is InChI=1S/C13H17BF3O2/c1-9-3-6-13(12(7-9)14(15,16)17)18-8-11-5-4-10(2)19-11/h3,6-7,10-11H,4-5,8H2,1-2H3/q-1. The van der Waals surface area contributed by atoms with Gasteiger partial charge in [0, 0.05) is 0 Å². The van der Waals surface area contributed by atoms with E-state index in [0.29, 0.717) is 5.56 Å². The molecule has 1 saturated heterocycles. The van der Waals surface area contributed by atoms with E-state index in [1.165, 1.54) is 6.07 Å². The highest BCUT2D eigenvalue weighted by molar-refractivity contribution is 6.74. The van der Waals surface area contributed by atoms with Crippen LogP contribution in [0.5, 0.6) is 5.75 Å². The van der Waals surface area contributed by atoms with Gasteiger partial charge in [-0.3, -0.25) is 0 Å². The van der Waals surface area contributed by atoms with Crippen molar-refractivity contribution in [2.75, 3.05) is 6.61 Å². The molecule has 0 aromatic heterocycles. The van der Waals surface area contributed by atoms with Gasteiger partial charge in [-0.1, -0.05) is 23.2 Å². The van der Waals surface area contributed by atoms with Crippen molar-refractivity contribution in [2.45, 2.75) is 38.9 Å². The van der Waals surface area contributed by atoms with E-state index in [1.807, 2.05) is 6.92 Å². The third kappa shape index (κ3) is 3.66. The lowest BCUT2D eigenvalue weighted by atomic mass is 9.78. The first kappa shape index (κ1) is 14.2. The Balaban J connectivity index is 2.07. The van der Waals surface area contributed by atoms with E-state index >= 15 is 0 Å². The van der Waals surface area contributed by atoms with Crippen molar-refractivity contribution in [2.24, 2.45) is 0 Å².